The van der Waals surface area contributed by atoms with Gasteiger partial charge in [-0.05, 0) is 36.9 Å². The van der Waals surface area contributed by atoms with Gasteiger partial charge in [-0.3, -0.25) is 4.79 Å². The average molecular weight is 447 g/mol. The van der Waals surface area contributed by atoms with Gasteiger partial charge in [0.15, 0.2) is 0 Å². The SMILES string of the molecule is CNS(=O)(=O)c1cccc(CNC(=O)c2cn(-c3ccccc3)nc2-c2ccccc2)c1. The quantitative estimate of drug-likeness (QED) is 0.455. The Morgan fingerprint density at radius 1 is 0.938 bits per heavy atom. The molecule has 0 unspecified atom stereocenters. The van der Waals surface area contributed by atoms with Crippen molar-refractivity contribution < 1.29 is 13.2 Å². The molecule has 3 aromatic carbocycles. The summed E-state index contributed by atoms with van der Waals surface area (Å²) in [4.78, 5) is 13.2. The van der Waals surface area contributed by atoms with Crippen molar-refractivity contribution in [1.82, 2.24) is 19.8 Å². The Bertz CT molecular complexity index is 1330. The van der Waals surface area contributed by atoms with Gasteiger partial charge in [0.1, 0.15) is 5.69 Å². The molecule has 162 valence electrons. The first kappa shape index (κ1) is 21.5. The van der Waals surface area contributed by atoms with Crippen LogP contribution in [0.2, 0.25) is 0 Å². The fourth-order valence-electron chi connectivity index (χ4n) is 3.28. The van der Waals surface area contributed by atoms with Gasteiger partial charge in [-0.1, -0.05) is 60.7 Å². The van der Waals surface area contributed by atoms with Crippen LogP contribution >= 0.6 is 0 Å². The van der Waals surface area contributed by atoms with Gasteiger partial charge in [0.25, 0.3) is 5.91 Å². The molecule has 32 heavy (non-hydrogen) atoms. The molecule has 0 saturated carbocycles. The highest BCUT2D eigenvalue weighted by atomic mass is 32.2. The third-order valence-electron chi connectivity index (χ3n) is 4.96. The number of nitrogens with one attached hydrogen (secondary N) is 2. The van der Waals surface area contributed by atoms with Crippen molar-refractivity contribution in [2.75, 3.05) is 7.05 Å². The number of rotatable bonds is 7. The van der Waals surface area contributed by atoms with Gasteiger partial charge in [0, 0.05) is 18.3 Å². The van der Waals surface area contributed by atoms with Gasteiger partial charge in [0.05, 0.1) is 16.1 Å². The van der Waals surface area contributed by atoms with Crippen molar-refractivity contribution in [3.63, 3.8) is 0 Å². The van der Waals surface area contributed by atoms with E-state index in [1.807, 2.05) is 60.7 Å². The van der Waals surface area contributed by atoms with E-state index in [1.54, 1.807) is 23.0 Å². The highest BCUT2D eigenvalue weighted by Gasteiger charge is 2.19. The van der Waals surface area contributed by atoms with E-state index in [0.717, 1.165) is 11.3 Å². The minimum atomic E-state index is -3.56. The maximum atomic E-state index is 13.1. The topological polar surface area (TPSA) is 93.1 Å². The summed E-state index contributed by atoms with van der Waals surface area (Å²) in [6.07, 6.45) is 1.70. The number of amides is 1. The minimum absolute atomic E-state index is 0.147. The Morgan fingerprint density at radius 2 is 1.62 bits per heavy atom. The molecule has 0 bridgehead atoms. The molecule has 0 aliphatic heterocycles. The molecule has 0 fully saturated rings. The predicted molar refractivity (Wildman–Crippen MR) is 123 cm³/mol. The molecule has 0 radical (unpaired) electrons. The Balaban J connectivity index is 1.62. The number of aromatic nitrogens is 2. The number of carbonyl (C=O) groups is 1. The molecule has 0 spiro atoms. The van der Waals surface area contributed by atoms with E-state index in [4.69, 9.17) is 0 Å². The van der Waals surface area contributed by atoms with Gasteiger partial charge in [-0.15, -0.1) is 0 Å². The molecule has 1 amide bonds. The van der Waals surface area contributed by atoms with Crippen molar-refractivity contribution in [1.29, 1.82) is 0 Å². The number of nitrogens with zero attached hydrogens (tertiary/aromatic N) is 2. The van der Waals surface area contributed by atoms with Crippen LogP contribution in [0.25, 0.3) is 16.9 Å². The second-order valence-corrected chi connectivity index (χ2v) is 8.96. The van der Waals surface area contributed by atoms with E-state index >= 15 is 0 Å². The van der Waals surface area contributed by atoms with Crippen molar-refractivity contribution in [3.8, 4) is 16.9 Å². The second kappa shape index (κ2) is 9.17. The summed E-state index contributed by atoms with van der Waals surface area (Å²) in [5.74, 6) is -0.298. The Morgan fingerprint density at radius 3 is 2.31 bits per heavy atom. The standard InChI is InChI=1S/C24H22N4O3S/c1-25-32(30,31)21-14-8-9-18(15-21)16-26-24(29)22-17-28(20-12-6-3-7-13-20)27-23(22)19-10-4-2-5-11-19/h2-15,17,25H,16H2,1H3,(H,26,29). The number of hydrogen-bond donors (Lipinski definition) is 2. The summed E-state index contributed by atoms with van der Waals surface area (Å²) in [5, 5.41) is 7.53. The van der Waals surface area contributed by atoms with Crippen LogP contribution in [-0.2, 0) is 16.6 Å². The number of benzene rings is 3. The Kier molecular flexibility index (Phi) is 6.16. The molecule has 7 nitrogen and oxygen atoms in total. The van der Waals surface area contributed by atoms with Gasteiger partial charge in [0.2, 0.25) is 10.0 Å². The number of hydrogen-bond acceptors (Lipinski definition) is 4. The second-order valence-electron chi connectivity index (χ2n) is 7.08. The normalized spacial score (nSPS) is 11.3. The monoisotopic (exact) mass is 446 g/mol. The molecular weight excluding hydrogens is 424 g/mol. The van der Waals surface area contributed by atoms with Gasteiger partial charge >= 0.3 is 0 Å². The summed E-state index contributed by atoms with van der Waals surface area (Å²) in [6, 6.07) is 25.5. The third kappa shape index (κ3) is 4.61. The maximum absolute atomic E-state index is 13.1. The van der Waals surface area contributed by atoms with Crippen LogP contribution in [0.15, 0.2) is 96.0 Å². The molecule has 1 aromatic heterocycles. The zero-order valence-corrected chi connectivity index (χ0v) is 18.2. The van der Waals surface area contributed by atoms with Crippen LogP contribution in [-0.4, -0.2) is 31.2 Å². The zero-order valence-electron chi connectivity index (χ0n) is 17.4. The van der Waals surface area contributed by atoms with Crippen molar-refractivity contribution in [2.45, 2.75) is 11.4 Å². The number of sulfonamides is 1. The fourth-order valence-corrected chi connectivity index (χ4v) is 4.08. The molecule has 4 rings (SSSR count). The van der Waals surface area contributed by atoms with E-state index in [2.05, 4.69) is 15.1 Å². The van der Waals surface area contributed by atoms with Crippen LogP contribution in [0, 0.1) is 0 Å². The highest BCUT2D eigenvalue weighted by Crippen LogP contribution is 2.24. The van der Waals surface area contributed by atoms with Crippen molar-refractivity contribution in [3.05, 3.63) is 102 Å². The summed E-state index contributed by atoms with van der Waals surface area (Å²) < 4.78 is 28.1. The first-order valence-corrected chi connectivity index (χ1v) is 11.5. The lowest BCUT2D eigenvalue weighted by Crippen LogP contribution is -2.23. The van der Waals surface area contributed by atoms with Gasteiger partial charge < -0.3 is 5.32 Å². The average Bonchev–Trinajstić information content (AvgIpc) is 3.29. The van der Waals surface area contributed by atoms with Gasteiger partial charge in [-0.25, -0.2) is 17.8 Å². The lowest BCUT2D eigenvalue weighted by atomic mass is 10.1. The van der Waals surface area contributed by atoms with Crippen molar-refractivity contribution in [2.24, 2.45) is 0 Å². The van der Waals surface area contributed by atoms with Crippen LogP contribution < -0.4 is 10.0 Å². The summed E-state index contributed by atoms with van der Waals surface area (Å²) in [7, 11) is -2.20. The van der Waals surface area contributed by atoms with Crippen molar-refractivity contribution >= 4 is 15.9 Å². The highest BCUT2D eigenvalue weighted by molar-refractivity contribution is 7.89. The van der Waals surface area contributed by atoms with E-state index in [9.17, 15) is 13.2 Å². The molecule has 0 atom stereocenters. The first-order valence-electron chi connectivity index (χ1n) is 9.99. The van der Waals surface area contributed by atoms with E-state index in [-0.39, 0.29) is 17.3 Å². The lowest BCUT2D eigenvalue weighted by Gasteiger charge is -2.08. The molecule has 4 aromatic rings. The molecule has 0 aliphatic carbocycles. The van der Waals surface area contributed by atoms with Gasteiger partial charge in [-0.2, -0.15) is 5.10 Å². The predicted octanol–water partition coefficient (Wildman–Crippen LogP) is 3.38. The molecular formula is C24H22N4O3S. The molecule has 2 N–H and O–H groups in total. The number of para-hydroxylation sites is 1. The largest absolute Gasteiger partial charge is 0.348 e. The zero-order chi connectivity index (χ0) is 22.6. The van der Waals surface area contributed by atoms with E-state index in [0.29, 0.717) is 16.8 Å². The molecule has 8 heteroatoms. The van der Waals surface area contributed by atoms with Crippen LogP contribution in [0.1, 0.15) is 15.9 Å². The van der Waals surface area contributed by atoms with Crippen LogP contribution in [0.5, 0.6) is 0 Å². The molecule has 0 aliphatic rings. The third-order valence-corrected chi connectivity index (χ3v) is 6.37. The fraction of sp³-hybridized carbons (Fsp3) is 0.0833. The van der Waals surface area contributed by atoms with E-state index < -0.39 is 10.0 Å². The first-order chi connectivity index (χ1) is 15.5. The molecule has 0 saturated heterocycles. The summed E-state index contributed by atoms with van der Waals surface area (Å²) in [5.41, 5.74) is 3.34. The Labute approximate surface area is 186 Å². The summed E-state index contributed by atoms with van der Waals surface area (Å²) in [6.45, 7) is 0.177. The van der Waals surface area contributed by atoms with E-state index in [1.165, 1.54) is 19.2 Å². The minimum Gasteiger partial charge on any atom is -0.348 e. The number of carbonyl (C=O) groups excluding carboxylic acids is 1. The smallest absolute Gasteiger partial charge is 0.255 e. The van der Waals surface area contributed by atoms with Crippen LogP contribution in [0.3, 0.4) is 0 Å². The lowest BCUT2D eigenvalue weighted by molar-refractivity contribution is 0.0951. The van der Waals surface area contributed by atoms with Crippen LogP contribution in [0.4, 0.5) is 0 Å². The summed E-state index contributed by atoms with van der Waals surface area (Å²) >= 11 is 0. The Hall–Kier alpha value is -3.75. The maximum Gasteiger partial charge on any atom is 0.255 e. The molecule has 1 heterocycles.